The molecule has 0 amide bonds. The van der Waals surface area contributed by atoms with Crippen molar-refractivity contribution in [2.24, 2.45) is 0 Å². The lowest BCUT2D eigenvalue weighted by Gasteiger charge is -2.13. The van der Waals surface area contributed by atoms with Gasteiger partial charge in [-0.05, 0) is 46.4 Å². The zero-order chi connectivity index (χ0) is 13.2. The van der Waals surface area contributed by atoms with E-state index in [9.17, 15) is 5.11 Å². The summed E-state index contributed by atoms with van der Waals surface area (Å²) >= 11 is 2.25. The van der Waals surface area contributed by atoms with Crippen molar-refractivity contribution >= 4 is 33.5 Å². The molecule has 0 fully saturated rings. The van der Waals surface area contributed by atoms with Crippen LogP contribution in [0.3, 0.4) is 0 Å². The topological polar surface area (TPSA) is 33.1 Å². The third-order valence-electron chi connectivity index (χ3n) is 3.14. The number of rotatable bonds is 2. The average Bonchev–Trinajstić information content (AvgIpc) is 2.47. The van der Waals surface area contributed by atoms with Crippen LogP contribution in [0.25, 0.3) is 10.9 Å². The van der Waals surface area contributed by atoms with E-state index < -0.39 is 6.10 Å². The summed E-state index contributed by atoms with van der Waals surface area (Å²) in [5.41, 5.74) is 2.59. The second-order valence-electron chi connectivity index (χ2n) is 4.38. The van der Waals surface area contributed by atoms with E-state index in [4.69, 9.17) is 0 Å². The van der Waals surface area contributed by atoms with Crippen LogP contribution in [0.4, 0.5) is 0 Å². The second kappa shape index (κ2) is 5.27. The monoisotopic (exact) mass is 361 g/mol. The highest BCUT2D eigenvalue weighted by atomic mass is 127. The van der Waals surface area contributed by atoms with Crippen molar-refractivity contribution in [1.82, 2.24) is 4.98 Å². The summed E-state index contributed by atoms with van der Waals surface area (Å²) in [6.07, 6.45) is 1.11. The predicted octanol–water partition coefficient (Wildman–Crippen LogP) is 3.92. The van der Waals surface area contributed by atoms with Crippen LogP contribution in [-0.4, -0.2) is 10.1 Å². The molecule has 1 atom stereocenters. The van der Waals surface area contributed by atoms with Crippen LogP contribution in [0.5, 0.6) is 0 Å². The summed E-state index contributed by atoms with van der Waals surface area (Å²) in [5, 5.41) is 11.6. The molecule has 1 N–H and O–H groups in total. The van der Waals surface area contributed by atoms with E-state index in [0.29, 0.717) is 0 Å². The third-order valence-corrected chi connectivity index (χ3v) is 3.86. The van der Waals surface area contributed by atoms with Gasteiger partial charge in [0, 0.05) is 20.7 Å². The molecule has 0 spiro atoms. The molecule has 0 radical (unpaired) electrons. The van der Waals surface area contributed by atoms with Crippen molar-refractivity contribution in [1.29, 1.82) is 0 Å². The lowest BCUT2D eigenvalue weighted by Crippen LogP contribution is -2.01. The van der Waals surface area contributed by atoms with Crippen molar-refractivity contribution in [2.75, 3.05) is 0 Å². The molecule has 94 valence electrons. The first-order valence-corrected chi connectivity index (χ1v) is 7.11. The smallest absolute Gasteiger partial charge is 0.106 e. The lowest BCUT2D eigenvalue weighted by molar-refractivity contribution is 0.221. The molecule has 3 rings (SSSR count). The Morgan fingerprint density at radius 3 is 2.47 bits per heavy atom. The van der Waals surface area contributed by atoms with Gasteiger partial charge in [-0.1, -0.05) is 36.4 Å². The van der Waals surface area contributed by atoms with Gasteiger partial charge in [-0.25, -0.2) is 0 Å². The Kier molecular flexibility index (Phi) is 3.48. The quantitative estimate of drug-likeness (QED) is 0.702. The molecule has 0 aliphatic heterocycles. The minimum Gasteiger partial charge on any atom is -0.384 e. The van der Waals surface area contributed by atoms with Gasteiger partial charge in [0.1, 0.15) is 6.10 Å². The van der Waals surface area contributed by atoms with Crippen molar-refractivity contribution < 1.29 is 5.11 Å². The number of halogens is 1. The number of hydrogen-bond acceptors (Lipinski definition) is 2. The first-order chi connectivity index (χ1) is 9.25. The van der Waals surface area contributed by atoms with Crippen molar-refractivity contribution in [3.63, 3.8) is 0 Å². The molecular weight excluding hydrogens is 349 g/mol. The molecule has 2 aromatic carbocycles. The molecular formula is C16H12INO. The van der Waals surface area contributed by atoms with E-state index in [1.165, 1.54) is 0 Å². The van der Waals surface area contributed by atoms with Gasteiger partial charge in [0.15, 0.2) is 0 Å². The van der Waals surface area contributed by atoms with E-state index in [1.54, 1.807) is 6.20 Å². The first kappa shape index (κ1) is 12.6. The second-order valence-corrected chi connectivity index (χ2v) is 5.62. The molecule has 0 aliphatic rings. The maximum absolute atomic E-state index is 10.5. The number of hydrogen-bond donors (Lipinski definition) is 1. The minimum absolute atomic E-state index is 0.643. The molecule has 1 heterocycles. The molecule has 1 aromatic heterocycles. The zero-order valence-corrected chi connectivity index (χ0v) is 12.3. The number of nitrogens with zero attached hydrogens (tertiary/aromatic N) is 1. The Bertz CT molecular complexity index is 704. The number of fused-ring (bicyclic) bond motifs is 1. The van der Waals surface area contributed by atoms with E-state index in [2.05, 4.69) is 27.6 Å². The predicted molar refractivity (Wildman–Crippen MR) is 85.0 cm³/mol. The lowest BCUT2D eigenvalue weighted by atomic mass is 9.99. The summed E-state index contributed by atoms with van der Waals surface area (Å²) in [6.45, 7) is 0. The summed E-state index contributed by atoms with van der Waals surface area (Å²) in [6, 6.07) is 17.7. The summed E-state index contributed by atoms with van der Waals surface area (Å²) in [4.78, 5) is 4.38. The van der Waals surface area contributed by atoms with Gasteiger partial charge < -0.3 is 5.11 Å². The van der Waals surface area contributed by atoms with Crippen LogP contribution in [0, 0.1) is 3.57 Å². The number of aliphatic hydroxyl groups excluding tert-OH is 1. The van der Waals surface area contributed by atoms with E-state index in [-0.39, 0.29) is 0 Å². The van der Waals surface area contributed by atoms with E-state index in [0.717, 1.165) is 25.6 Å². The minimum atomic E-state index is -0.643. The first-order valence-electron chi connectivity index (χ1n) is 6.03. The van der Waals surface area contributed by atoms with Gasteiger partial charge in [0.25, 0.3) is 0 Å². The number of pyridine rings is 1. The fourth-order valence-electron chi connectivity index (χ4n) is 2.17. The fourth-order valence-corrected chi connectivity index (χ4v) is 2.53. The molecule has 3 heteroatoms. The largest absolute Gasteiger partial charge is 0.384 e. The fraction of sp³-hybridized carbons (Fsp3) is 0.0625. The highest BCUT2D eigenvalue weighted by Gasteiger charge is 2.13. The van der Waals surface area contributed by atoms with Gasteiger partial charge in [-0.2, -0.15) is 0 Å². The molecule has 0 saturated heterocycles. The summed E-state index contributed by atoms with van der Waals surface area (Å²) in [5.74, 6) is 0. The SMILES string of the molecule is OC(c1ccc(I)cc1)c1cccc2cccnc12. The van der Waals surface area contributed by atoms with Crippen LogP contribution < -0.4 is 0 Å². The number of aromatic nitrogens is 1. The maximum atomic E-state index is 10.5. The normalized spacial score (nSPS) is 12.5. The Hall–Kier alpha value is -1.46. The molecule has 0 bridgehead atoms. The van der Waals surface area contributed by atoms with Gasteiger partial charge in [-0.15, -0.1) is 0 Å². The van der Waals surface area contributed by atoms with Crippen LogP contribution in [-0.2, 0) is 0 Å². The number of aliphatic hydroxyl groups is 1. The molecule has 2 nitrogen and oxygen atoms in total. The zero-order valence-electron chi connectivity index (χ0n) is 10.1. The van der Waals surface area contributed by atoms with Crippen LogP contribution in [0.1, 0.15) is 17.2 Å². The third kappa shape index (κ3) is 2.48. The van der Waals surface area contributed by atoms with Gasteiger partial charge in [-0.3, -0.25) is 4.98 Å². The van der Waals surface area contributed by atoms with Crippen LogP contribution in [0.2, 0.25) is 0 Å². The molecule has 0 saturated carbocycles. The van der Waals surface area contributed by atoms with Crippen molar-refractivity contribution in [3.8, 4) is 0 Å². The van der Waals surface area contributed by atoms with Crippen LogP contribution in [0.15, 0.2) is 60.8 Å². The number of benzene rings is 2. The Morgan fingerprint density at radius 1 is 0.947 bits per heavy atom. The summed E-state index contributed by atoms with van der Waals surface area (Å²) < 4.78 is 1.16. The molecule has 0 aliphatic carbocycles. The van der Waals surface area contributed by atoms with Crippen LogP contribution >= 0.6 is 22.6 Å². The Morgan fingerprint density at radius 2 is 1.68 bits per heavy atom. The molecule has 19 heavy (non-hydrogen) atoms. The van der Waals surface area contributed by atoms with E-state index in [1.807, 2.05) is 54.6 Å². The number of para-hydroxylation sites is 1. The van der Waals surface area contributed by atoms with Crippen molar-refractivity contribution in [2.45, 2.75) is 6.10 Å². The Balaban J connectivity index is 2.11. The summed E-state index contributed by atoms with van der Waals surface area (Å²) in [7, 11) is 0. The van der Waals surface area contributed by atoms with Gasteiger partial charge >= 0.3 is 0 Å². The highest BCUT2D eigenvalue weighted by molar-refractivity contribution is 14.1. The molecule has 3 aromatic rings. The maximum Gasteiger partial charge on any atom is 0.106 e. The molecule has 1 unspecified atom stereocenters. The average molecular weight is 361 g/mol. The van der Waals surface area contributed by atoms with E-state index >= 15 is 0 Å². The standard InChI is InChI=1S/C16H12INO/c17-13-8-6-12(7-9-13)16(19)14-5-1-3-11-4-2-10-18-15(11)14/h1-10,16,19H. The van der Waals surface area contributed by atoms with Gasteiger partial charge in [0.2, 0.25) is 0 Å². The van der Waals surface area contributed by atoms with Crippen molar-refractivity contribution in [3.05, 3.63) is 75.5 Å². The highest BCUT2D eigenvalue weighted by Crippen LogP contribution is 2.27. The van der Waals surface area contributed by atoms with Gasteiger partial charge in [0.05, 0.1) is 5.52 Å². The Labute approximate surface area is 125 Å².